The summed E-state index contributed by atoms with van der Waals surface area (Å²) in [5.41, 5.74) is 0. The van der Waals surface area contributed by atoms with Crippen LogP contribution in [0, 0.1) is 0 Å². The molecule has 0 unspecified atom stereocenters. The highest BCUT2D eigenvalue weighted by Crippen LogP contribution is 2.12. The Balaban J connectivity index is 2.68. The van der Waals surface area contributed by atoms with Crippen LogP contribution in [0.3, 0.4) is 0 Å². The molecule has 0 aliphatic rings. The Hall–Kier alpha value is 1.14. The first-order valence-corrected chi connectivity index (χ1v) is 4.82. The molecule has 0 atom stereocenters. The van der Waals surface area contributed by atoms with Crippen molar-refractivity contribution in [1.82, 2.24) is 0 Å². The van der Waals surface area contributed by atoms with E-state index in [4.69, 9.17) is 0 Å². The highest BCUT2D eigenvalue weighted by Gasteiger charge is 1.97. The van der Waals surface area contributed by atoms with Crippen LogP contribution in [-0.2, 0) is 0 Å². The van der Waals surface area contributed by atoms with Crippen molar-refractivity contribution in [1.29, 1.82) is 0 Å². The van der Waals surface area contributed by atoms with Crippen LogP contribution in [0.4, 0.5) is 0 Å². The van der Waals surface area contributed by atoms with Gasteiger partial charge in [-0.2, -0.15) is 11.6 Å². The molecule has 0 aromatic rings. The quantitative estimate of drug-likeness (QED) is 0.528. The summed E-state index contributed by atoms with van der Waals surface area (Å²) in [7, 11) is 0. The van der Waals surface area contributed by atoms with Gasteiger partial charge in [0.25, 0.3) is 3.85 Å². The van der Waals surface area contributed by atoms with Crippen molar-refractivity contribution in [3.63, 3.8) is 0 Å². The molecule has 0 radical (unpaired) electrons. The molecule has 0 rings (SSSR count). The van der Waals surface area contributed by atoms with Gasteiger partial charge in [-0.05, 0) is 12.2 Å². The van der Waals surface area contributed by atoms with E-state index < -0.39 is 0 Å². The zero-order valence-corrected chi connectivity index (χ0v) is 7.75. The van der Waals surface area contributed by atoms with Gasteiger partial charge in [-0.1, -0.05) is 13.7 Å². The van der Waals surface area contributed by atoms with Gasteiger partial charge >= 0.3 is 0 Å². The van der Waals surface area contributed by atoms with Crippen LogP contribution < -0.4 is 0 Å². The molecule has 0 heterocycles. The molecule has 0 aromatic carbocycles. The molecular formula is C4H10BIS. The van der Waals surface area contributed by atoms with Gasteiger partial charge in [0.05, 0.1) is 0 Å². The van der Waals surface area contributed by atoms with E-state index in [9.17, 15) is 0 Å². The van der Waals surface area contributed by atoms with E-state index >= 15 is 0 Å². The van der Waals surface area contributed by atoms with Crippen molar-refractivity contribution in [2.45, 2.75) is 20.2 Å². The molecule has 0 saturated heterocycles. The van der Waals surface area contributed by atoms with E-state index in [2.05, 4.69) is 36.1 Å². The lowest BCUT2D eigenvalue weighted by atomic mass is 10.2. The van der Waals surface area contributed by atoms with Crippen LogP contribution >= 0.6 is 34.0 Å². The van der Waals surface area contributed by atoms with E-state index in [1.165, 1.54) is 12.2 Å². The summed E-state index contributed by atoms with van der Waals surface area (Å²) in [6, 6.07) is 0. The molecule has 7 heavy (non-hydrogen) atoms. The topological polar surface area (TPSA) is 0 Å². The molecule has 0 bridgehead atoms. The molecule has 0 aliphatic heterocycles. The molecule has 0 aromatic heterocycles. The number of hydrogen-bond donors (Lipinski definition) is 0. The fraction of sp³-hybridized carbons (Fsp3) is 1.00. The third-order valence-corrected chi connectivity index (χ3v) is 2.73. The van der Waals surface area contributed by atoms with Gasteiger partial charge in [0.2, 0.25) is 0 Å². The Morgan fingerprint density at radius 2 is 2.29 bits per heavy atom. The Kier molecular flexibility index (Phi) is 6.15. The molecule has 0 N–H and O–H groups in total. The summed E-state index contributed by atoms with van der Waals surface area (Å²) < 4.78 is 0.789. The Labute approximate surface area is 63.7 Å². The van der Waals surface area contributed by atoms with E-state index in [-0.39, 0.29) is 0 Å². The van der Waals surface area contributed by atoms with Crippen LogP contribution in [0.2, 0.25) is 6.82 Å². The zero-order chi connectivity index (χ0) is 5.70. The zero-order valence-electron chi connectivity index (χ0n) is 4.78. The lowest BCUT2D eigenvalue weighted by Crippen LogP contribution is -1.87. The molecule has 0 spiro atoms. The average molecular weight is 228 g/mol. The molecular weight excluding hydrogens is 218 g/mol. The van der Waals surface area contributed by atoms with Crippen LogP contribution in [0.15, 0.2) is 0 Å². The molecule has 3 heteroatoms. The third-order valence-electron chi connectivity index (χ3n) is 0.552. The first-order chi connectivity index (χ1) is 3.27. The second-order valence-corrected chi connectivity index (χ2v) is 5.58. The maximum atomic E-state index is 2.43. The summed E-state index contributed by atoms with van der Waals surface area (Å²) in [5.74, 6) is 1.31. The van der Waals surface area contributed by atoms with E-state index in [0.29, 0.717) is 0 Å². The summed E-state index contributed by atoms with van der Waals surface area (Å²) in [6.07, 6.45) is 1.30. The van der Waals surface area contributed by atoms with Crippen LogP contribution in [0.1, 0.15) is 13.3 Å². The van der Waals surface area contributed by atoms with Gasteiger partial charge in [-0.25, -0.2) is 0 Å². The maximum absolute atomic E-state index is 2.43. The largest absolute Gasteiger partial charge is 0.278 e. The highest BCUT2D eigenvalue weighted by atomic mass is 127. The standard InChI is InChI=1S/C4H10BIS/c1-3-4-7-5(2)6/h3-4H2,1-2H3. The van der Waals surface area contributed by atoms with Crippen molar-refractivity contribution >= 4 is 37.8 Å². The maximum Gasteiger partial charge on any atom is 0.278 e. The Bertz CT molecular complexity index is 40.7. The highest BCUT2D eigenvalue weighted by molar-refractivity contribution is 14.1. The predicted octanol–water partition coefficient (Wildman–Crippen LogP) is 2.68. The summed E-state index contributed by atoms with van der Waals surface area (Å²) in [4.78, 5) is 0. The predicted molar refractivity (Wildman–Crippen MR) is 48.4 cm³/mol. The lowest BCUT2D eigenvalue weighted by Gasteiger charge is -1.93. The second-order valence-electron chi connectivity index (χ2n) is 1.41. The second kappa shape index (κ2) is 5.28. The molecule has 0 amide bonds. The van der Waals surface area contributed by atoms with Gasteiger partial charge in [-0.15, -0.1) is 22.4 Å². The Morgan fingerprint density at radius 1 is 1.71 bits per heavy atom. The SMILES string of the molecule is CCCSB(C)I. The van der Waals surface area contributed by atoms with Gasteiger partial charge in [0, 0.05) is 0 Å². The van der Waals surface area contributed by atoms with Crippen molar-refractivity contribution < 1.29 is 0 Å². The van der Waals surface area contributed by atoms with E-state index in [1.807, 2.05) is 11.6 Å². The monoisotopic (exact) mass is 228 g/mol. The van der Waals surface area contributed by atoms with Gasteiger partial charge in [0.1, 0.15) is 0 Å². The fourth-order valence-corrected chi connectivity index (χ4v) is 1.60. The summed E-state index contributed by atoms with van der Waals surface area (Å²) >= 11 is 4.45. The first kappa shape index (κ1) is 8.14. The summed E-state index contributed by atoms with van der Waals surface area (Å²) in [6.45, 7) is 4.44. The van der Waals surface area contributed by atoms with Crippen LogP contribution in [0.5, 0.6) is 0 Å². The van der Waals surface area contributed by atoms with Crippen molar-refractivity contribution in [2.75, 3.05) is 5.75 Å². The normalized spacial score (nSPS) is 9.00. The van der Waals surface area contributed by atoms with E-state index in [0.717, 1.165) is 3.85 Å². The molecule has 42 valence electrons. The van der Waals surface area contributed by atoms with Crippen molar-refractivity contribution in [2.24, 2.45) is 0 Å². The fourth-order valence-electron chi connectivity index (χ4n) is 0.280. The molecule has 0 nitrogen and oxygen atoms in total. The number of halogens is 1. The first-order valence-electron chi connectivity index (χ1n) is 2.53. The third kappa shape index (κ3) is 7.14. The average Bonchev–Trinajstić information content (AvgIpc) is 1.61. The van der Waals surface area contributed by atoms with Gasteiger partial charge in [-0.3, -0.25) is 0 Å². The number of hydrogen-bond acceptors (Lipinski definition) is 1. The molecule has 0 aliphatic carbocycles. The smallest absolute Gasteiger partial charge is 0.196 e. The Morgan fingerprint density at radius 3 is 2.43 bits per heavy atom. The number of rotatable bonds is 3. The van der Waals surface area contributed by atoms with Gasteiger partial charge in [0.15, 0.2) is 0 Å². The van der Waals surface area contributed by atoms with Crippen molar-refractivity contribution in [3.8, 4) is 0 Å². The minimum Gasteiger partial charge on any atom is -0.196 e. The van der Waals surface area contributed by atoms with Crippen LogP contribution in [0.25, 0.3) is 0 Å². The minimum absolute atomic E-state index is 0.789. The van der Waals surface area contributed by atoms with Crippen molar-refractivity contribution in [3.05, 3.63) is 0 Å². The van der Waals surface area contributed by atoms with Gasteiger partial charge < -0.3 is 0 Å². The van der Waals surface area contributed by atoms with Crippen LogP contribution in [-0.4, -0.2) is 9.60 Å². The summed E-state index contributed by atoms with van der Waals surface area (Å²) in [5, 5.41) is 0. The van der Waals surface area contributed by atoms with E-state index in [1.54, 1.807) is 0 Å². The molecule has 0 fully saturated rings. The lowest BCUT2D eigenvalue weighted by molar-refractivity contribution is 1.11. The minimum atomic E-state index is 0.789. The molecule has 0 saturated carbocycles.